The average Bonchev–Trinajstić information content (AvgIpc) is 3.06. The van der Waals surface area contributed by atoms with Gasteiger partial charge in [0.05, 0.1) is 0 Å². The van der Waals surface area contributed by atoms with E-state index < -0.39 is 0 Å². The Morgan fingerprint density at radius 2 is 0.841 bits per heavy atom. The van der Waals surface area contributed by atoms with Crippen molar-refractivity contribution in [3.05, 3.63) is 157 Å². The lowest BCUT2D eigenvalue weighted by atomic mass is 9.77. The van der Waals surface area contributed by atoms with E-state index in [1.54, 1.807) is 0 Å². The molecule has 8 aromatic rings. The Bertz CT molecular complexity index is 2350. The average molecular weight is 563 g/mol. The number of hydrogen-bond acceptors (Lipinski definition) is 0. The van der Waals surface area contributed by atoms with Crippen molar-refractivity contribution in [3.8, 4) is 33.4 Å². The Labute approximate surface area is 259 Å². The van der Waals surface area contributed by atoms with Crippen LogP contribution in [0.3, 0.4) is 0 Å². The molecule has 0 aliphatic rings. The van der Waals surface area contributed by atoms with Crippen LogP contribution >= 0.6 is 0 Å². The zero-order valence-corrected chi connectivity index (χ0v) is 25.4. The molecule has 0 fully saturated rings. The SMILES string of the molecule is CC(C)(C)c1c2ccccc2c(-c2cccc3ccccc23)c2ccc(-c3cccc(-c4cccc5ccccc45)c3)cc12. The van der Waals surface area contributed by atoms with E-state index in [2.05, 4.69) is 172 Å². The van der Waals surface area contributed by atoms with Crippen molar-refractivity contribution in [2.75, 3.05) is 0 Å². The van der Waals surface area contributed by atoms with Crippen LogP contribution in [0.2, 0.25) is 0 Å². The first-order valence-electron chi connectivity index (χ1n) is 15.5. The first-order chi connectivity index (χ1) is 21.5. The second kappa shape index (κ2) is 10.2. The summed E-state index contributed by atoms with van der Waals surface area (Å²) >= 11 is 0. The van der Waals surface area contributed by atoms with Crippen molar-refractivity contribution in [3.63, 3.8) is 0 Å². The van der Waals surface area contributed by atoms with Crippen LogP contribution in [0.25, 0.3) is 76.5 Å². The maximum atomic E-state index is 2.44. The summed E-state index contributed by atoms with van der Waals surface area (Å²) in [4.78, 5) is 0. The molecule has 8 rings (SSSR count). The topological polar surface area (TPSA) is 0 Å². The Balaban J connectivity index is 1.41. The highest BCUT2D eigenvalue weighted by atomic mass is 14.3. The predicted octanol–water partition coefficient (Wildman–Crippen LogP) is 12.6. The molecule has 0 amide bonds. The van der Waals surface area contributed by atoms with Gasteiger partial charge in [0.2, 0.25) is 0 Å². The van der Waals surface area contributed by atoms with Crippen LogP contribution in [0, 0.1) is 0 Å². The van der Waals surface area contributed by atoms with Crippen molar-refractivity contribution >= 4 is 43.1 Å². The van der Waals surface area contributed by atoms with Gasteiger partial charge in [-0.2, -0.15) is 0 Å². The summed E-state index contributed by atoms with van der Waals surface area (Å²) in [7, 11) is 0. The van der Waals surface area contributed by atoms with Crippen LogP contribution in [-0.4, -0.2) is 0 Å². The molecule has 0 radical (unpaired) electrons. The van der Waals surface area contributed by atoms with Gasteiger partial charge < -0.3 is 0 Å². The van der Waals surface area contributed by atoms with E-state index in [-0.39, 0.29) is 5.41 Å². The molecule has 0 aliphatic carbocycles. The third-order valence-electron chi connectivity index (χ3n) is 9.13. The van der Waals surface area contributed by atoms with Crippen LogP contribution in [0.15, 0.2) is 152 Å². The van der Waals surface area contributed by atoms with Crippen LogP contribution in [0.4, 0.5) is 0 Å². The van der Waals surface area contributed by atoms with Crippen LogP contribution in [-0.2, 0) is 5.41 Å². The highest BCUT2D eigenvalue weighted by molar-refractivity contribution is 6.19. The second-order valence-corrected chi connectivity index (χ2v) is 12.9. The maximum Gasteiger partial charge on any atom is -0.00204 e. The lowest BCUT2D eigenvalue weighted by Crippen LogP contribution is -2.13. The molecule has 0 heteroatoms. The van der Waals surface area contributed by atoms with Gasteiger partial charge in [0, 0.05) is 0 Å². The fraction of sp³-hybridized carbons (Fsp3) is 0.0909. The maximum absolute atomic E-state index is 2.44. The molecule has 0 aromatic heterocycles. The van der Waals surface area contributed by atoms with E-state index >= 15 is 0 Å². The summed E-state index contributed by atoms with van der Waals surface area (Å²) in [5.41, 5.74) is 8.95. The summed E-state index contributed by atoms with van der Waals surface area (Å²) < 4.78 is 0. The Morgan fingerprint density at radius 3 is 1.55 bits per heavy atom. The standard InChI is InChI=1S/C44H34/c1-44(2,3)43-40-22-9-8-21-38(40)42(37-24-12-16-30-14-5-7-20-35(30)37)39-26-25-32(28-41(39)43)31-17-10-18-33(27-31)36-23-11-15-29-13-4-6-19-34(29)36/h4-28H,1-3H3. The van der Waals surface area contributed by atoms with Crippen LogP contribution in [0.5, 0.6) is 0 Å². The Hall–Kier alpha value is -5.20. The van der Waals surface area contributed by atoms with E-state index in [4.69, 9.17) is 0 Å². The molecule has 0 saturated heterocycles. The highest BCUT2D eigenvalue weighted by Crippen LogP contribution is 2.46. The van der Waals surface area contributed by atoms with Crippen LogP contribution in [0.1, 0.15) is 26.3 Å². The molecule has 0 heterocycles. The van der Waals surface area contributed by atoms with Crippen molar-refractivity contribution in [1.82, 2.24) is 0 Å². The summed E-state index contributed by atoms with van der Waals surface area (Å²) in [6, 6.07) is 55.9. The smallest absolute Gasteiger partial charge is 0.00204 e. The molecule has 210 valence electrons. The predicted molar refractivity (Wildman–Crippen MR) is 191 cm³/mol. The number of rotatable bonds is 3. The van der Waals surface area contributed by atoms with Gasteiger partial charge in [0.1, 0.15) is 0 Å². The van der Waals surface area contributed by atoms with Gasteiger partial charge in [0.15, 0.2) is 0 Å². The molecule has 0 spiro atoms. The molecule has 0 bridgehead atoms. The van der Waals surface area contributed by atoms with Crippen molar-refractivity contribution in [2.24, 2.45) is 0 Å². The number of hydrogen-bond donors (Lipinski definition) is 0. The van der Waals surface area contributed by atoms with Crippen LogP contribution < -0.4 is 0 Å². The lowest BCUT2D eigenvalue weighted by molar-refractivity contribution is 0.601. The minimum absolute atomic E-state index is 0.0431. The molecule has 8 aromatic carbocycles. The Morgan fingerprint density at radius 1 is 0.341 bits per heavy atom. The van der Waals surface area contributed by atoms with E-state index in [9.17, 15) is 0 Å². The molecule has 0 saturated carbocycles. The van der Waals surface area contributed by atoms with Crippen molar-refractivity contribution in [2.45, 2.75) is 26.2 Å². The summed E-state index contributed by atoms with van der Waals surface area (Å²) in [6.07, 6.45) is 0. The molecular weight excluding hydrogens is 528 g/mol. The third kappa shape index (κ3) is 4.29. The first kappa shape index (κ1) is 26.4. The van der Waals surface area contributed by atoms with E-state index in [0.717, 1.165) is 0 Å². The fourth-order valence-electron chi connectivity index (χ4n) is 7.24. The molecule has 0 N–H and O–H groups in total. The van der Waals surface area contributed by atoms with Gasteiger partial charge in [-0.25, -0.2) is 0 Å². The van der Waals surface area contributed by atoms with E-state index in [0.29, 0.717) is 0 Å². The molecule has 0 unspecified atom stereocenters. The molecule has 0 nitrogen and oxygen atoms in total. The normalized spacial score (nSPS) is 12.0. The molecular formula is C44H34. The lowest BCUT2D eigenvalue weighted by Gasteiger charge is -2.27. The quantitative estimate of drug-likeness (QED) is 0.188. The number of fused-ring (bicyclic) bond motifs is 4. The monoisotopic (exact) mass is 562 g/mol. The summed E-state index contributed by atoms with van der Waals surface area (Å²) in [6.45, 7) is 7.04. The van der Waals surface area contributed by atoms with Gasteiger partial charge in [-0.1, -0.05) is 160 Å². The minimum Gasteiger partial charge on any atom is -0.0616 e. The highest BCUT2D eigenvalue weighted by Gasteiger charge is 2.24. The zero-order valence-electron chi connectivity index (χ0n) is 25.4. The van der Waals surface area contributed by atoms with Crippen molar-refractivity contribution < 1.29 is 0 Å². The first-order valence-corrected chi connectivity index (χ1v) is 15.5. The summed E-state index contributed by atoms with van der Waals surface area (Å²) in [5, 5.41) is 10.4. The Kier molecular flexibility index (Phi) is 6.13. The third-order valence-corrected chi connectivity index (χ3v) is 9.13. The van der Waals surface area contributed by atoms with E-state index in [1.165, 1.54) is 82.0 Å². The van der Waals surface area contributed by atoms with Crippen molar-refractivity contribution in [1.29, 1.82) is 0 Å². The second-order valence-electron chi connectivity index (χ2n) is 12.9. The van der Waals surface area contributed by atoms with Gasteiger partial charge >= 0.3 is 0 Å². The van der Waals surface area contributed by atoms with Gasteiger partial charge in [-0.3, -0.25) is 0 Å². The molecule has 0 aliphatic heterocycles. The van der Waals surface area contributed by atoms with Gasteiger partial charge in [-0.15, -0.1) is 0 Å². The number of benzene rings is 8. The molecule has 0 atom stereocenters. The summed E-state index contributed by atoms with van der Waals surface area (Å²) in [5.74, 6) is 0. The van der Waals surface area contributed by atoms with Gasteiger partial charge in [-0.05, 0) is 99.6 Å². The minimum atomic E-state index is -0.0431. The largest absolute Gasteiger partial charge is 0.0616 e. The molecule has 44 heavy (non-hydrogen) atoms. The zero-order chi connectivity index (χ0) is 29.8. The van der Waals surface area contributed by atoms with E-state index in [1.807, 2.05) is 0 Å². The van der Waals surface area contributed by atoms with Gasteiger partial charge in [0.25, 0.3) is 0 Å². The fourth-order valence-corrected chi connectivity index (χ4v) is 7.24.